The molecule has 2 nitrogen and oxygen atoms in total. The number of hydrogen-bond donors (Lipinski definition) is 2. The number of nitrogens with one attached hydrogen (secondary N) is 1. The molecule has 1 atom stereocenters. The third kappa shape index (κ3) is 4.39. The highest BCUT2D eigenvalue weighted by molar-refractivity contribution is 5.31. The lowest BCUT2D eigenvalue weighted by molar-refractivity contribution is 0.455. The molecule has 0 aromatic heterocycles. The predicted octanol–water partition coefficient (Wildman–Crippen LogP) is 3.81. The molecule has 2 aromatic carbocycles. The van der Waals surface area contributed by atoms with Crippen molar-refractivity contribution in [1.82, 2.24) is 5.32 Å². The number of para-hydroxylation sites is 1. The van der Waals surface area contributed by atoms with Gasteiger partial charge >= 0.3 is 0 Å². The molecule has 2 rings (SSSR count). The van der Waals surface area contributed by atoms with Gasteiger partial charge in [-0.25, -0.2) is 0 Å². The van der Waals surface area contributed by atoms with Gasteiger partial charge in [0.2, 0.25) is 0 Å². The molecule has 0 spiro atoms. The molecule has 0 saturated carbocycles. The van der Waals surface area contributed by atoms with Crippen LogP contribution in [0.3, 0.4) is 0 Å². The fraction of sp³-hybridized carbons (Fsp3) is 0.333. The number of benzene rings is 2. The summed E-state index contributed by atoms with van der Waals surface area (Å²) >= 11 is 0. The summed E-state index contributed by atoms with van der Waals surface area (Å²) in [6, 6.07) is 16.6. The molecule has 2 N–H and O–H groups in total. The average Bonchev–Trinajstić information content (AvgIpc) is 2.44. The highest BCUT2D eigenvalue weighted by Crippen LogP contribution is 2.15. The van der Waals surface area contributed by atoms with Gasteiger partial charge in [-0.15, -0.1) is 0 Å². The Labute approximate surface area is 121 Å². The van der Waals surface area contributed by atoms with E-state index in [9.17, 15) is 5.11 Å². The summed E-state index contributed by atoms with van der Waals surface area (Å²) in [6.07, 6.45) is 2.17. The number of aryl methyl sites for hydroxylation is 2. The van der Waals surface area contributed by atoms with Crippen molar-refractivity contribution in [3.63, 3.8) is 0 Å². The maximum atomic E-state index is 9.72. The van der Waals surface area contributed by atoms with Gasteiger partial charge in [0.25, 0.3) is 0 Å². The van der Waals surface area contributed by atoms with E-state index in [2.05, 4.69) is 43.4 Å². The van der Waals surface area contributed by atoms with Gasteiger partial charge in [-0.05, 0) is 38.3 Å². The molecule has 0 aliphatic heterocycles. The highest BCUT2D eigenvalue weighted by atomic mass is 16.3. The Hall–Kier alpha value is -1.80. The van der Waals surface area contributed by atoms with Crippen molar-refractivity contribution in [1.29, 1.82) is 0 Å². The first kappa shape index (κ1) is 14.6. The minimum Gasteiger partial charge on any atom is -0.508 e. The second kappa shape index (κ2) is 7.11. The Morgan fingerprint density at radius 3 is 2.65 bits per heavy atom. The molecular formula is C18H23NO. The lowest BCUT2D eigenvalue weighted by Gasteiger charge is -2.14. The standard InChI is InChI=1S/C18H23NO/c1-14-6-5-7-16(12-14)11-10-15(2)19-13-17-8-3-4-9-18(17)20/h3-9,12,15,19-20H,10-11,13H2,1-2H3. The number of phenolic OH excluding ortho intramolecular Hbond substituents is 1. The number of aromatic hydroxyl groups is 1. The molecule has 1 unspecified atom stereocenters. The SMILES string of the molecule is Cc1cccc(CCC(C)NCc2ccccc2O)c1. The smallest absolute Gasteiger partial charge is 0.120 e. The monoisotopic (exact) mass is 269 g/mol. The zero-order valence-electron chi connectivity index (χ0n) is 12.3. The van der Waals surface area contributed by atoms with E-state index in [1.807, 2.05) is 18.2 Å². The summed E-state index contributed by atoms with van der Waals surface area (Å²) in [4.78, 5) is 0. The Balaban J connectivity index is 1.78. The van der Waals surface area contributed by atoms with Crippen molar-refractivity contribution in [3.8, 4) is 5.75 Å². The summed E-state index contributed by atoms with van der Waals surface area (Å²) in [5.74, 6) is 0.367. The summed E-state index contributed by atoms with van der Waals surface area (Å²) in [5, 5.41) is 13.2. The first-order valence-corrected chi connectivity index (χ1v) is 7.21. The maximum absolute atomic E-state index is 9.72. The van der Waals surface area contributed by atoms with Gasteiger partial charge in [0.15, 0.2) is 0 Å². The van der Waals surface area contributed by atoms with Gasteiger partial charge in [-0.3, -0.25) is 0 Å². The fourth-order valence-electron chi connectivity index (χ4n) is 2.30. The molecule has 0 heterocycles. The third-order valence-corrected chi connectivity index (χ3v) is 3.58. The zero-order chi connectivity index (χ0) is 14.4. The van der Waals surface area contributed by atoms with E-state index in [0.717, 1.165) is 18.4 Å². The van der Waals surface area contributed by atoms with Crippen molar-refractivity contribution in [2.75, 3.05) is 0 Å². The molecule has 0 amide bonds. The van der Waals surface area contributed by atoms with E-state index in [0.29, 0.717) is 18.3 Å². The molecule has 0 saturated heterocycles. The lowest BCUT2D eigenvalue weighted by atomic mass is 10.0. The van der Waals surface area contributed by atoms with Crippen molar-refractivity contribution in [2.24, 2.45) is 0 Å². The van der Waals surface area contributed by atoms with E-state index in [-0.39, 0.29) is 0 Å². The van der Waals surface area contributed by atoms with Gasteiger partial charge in [-0.2, -0.15) is 0 Å². The Morgan fingerprint density at radius 2 is 1.90 bits per heavy atom. The first-order valence-electron chi connectivity index (χ1n) is 7.21. The average molecular weight is 269 g/mol. The van der Waals surface area contributed by atoms with Crippen LogP contribution < -0.4 is 5.32 Å². The largest absolute Gasteiger partial charge is 0.508 e. The fourth-order valence-corrected chi connectivity index (χ4v) is 2.30. The molecule has 0 radical (unpaired) electrons. The molecule has 20 heavy (non-hydrogen) atoms. The van der Waals surface area contributed by atoms with Crippen LogP contribution in [0.25, 0.3) is 0 Å². The molecule has 0 fully saturated rings. The van der Waals surface area contributed by atoms with Crippen molar-refractivity contribution in [2.45, 2.75) is 39.3 Å². The van der Waals surface area contributed by atoms with Gasteiger partial charge < -0.3 is 10.4 Å². The minimum absolute atomic E-state index is 0.367. The number of hydrogen-bond acceptors (Lipinski definition) is 2. The maximum Gasteiger partial charge on any atom is 0.120 e. The number of rotatable bonds is 6. The Bertz CT molecular complexity index is 551. The van der Waals surface area contributed by atoms with E-state index in [1.54, 1.807) is 6.07 Å². The van der Waals surface area contributed by atoms with Crippen molar-refractivity contribution in [3.05, 3.63) is 65.2 Å². The van der Waals surface area contributed by atoms with Crippen molar-refractivity contribution >= 4 is 0 Å². The van der Waals surface area contributed by atoms with Crippen molar-refractivity contribution < 1.29 is 5.11 Å². The van der Waals surface area contributed by atoms with Crippen LogP contribution >= 0.6 is 0 Å². The van der Waals surface area contributed by atoms with E-state index >= 15 is 0 Å². The zero-order valence-corrected chi connectivity index (χ0v) is 12.3. The predicted molar refractivity (Wildman–Crippen MR) is 83.9 cm³/mol. The van der Waals surface area contributed by atoms with E-state index in [1.165, 1.54) is 11.1 Å². The quantitative estimate of drug-likeness (QED) is 0.835. The molecule has 106 valence electrons. The van der Waals surface area contributed by atoms with E-state index < -0.39 is 0 Å². The molecule has 2 heteroatoms. The van der Waals surface area contributed by atoms with Gasteiger partial charge in [0.05, 0.1) is 0 Å². The van der Waals surface area contributed by atoms with Crippen LogP contribution in [-0.4, -0.2) is 11.1 Å². The van der Waals surface area contributed by atoms with Crippen LogP contribution in [0.1, 0.15) is 30.0 Å². The first-order chi connectivity index (χ1) is 9.65. The van der Waals surface area contributed by atoms with Gasteiger partial charge in [0.1, 0.15) is 5.75 Å². The topological polar surface area (TPSA) is 32.3 Å². The van der Waals surface area contributed by atoms with Crippen LogP contribution in [0, 0.1) is 6.92 Å². The normalized spacial score (nSPS) is 12.3. The molecule has 0 bridgehead atoms. The molecule has 0 aliphatic carbocycles. The molecule has 0 aliphatic rings. The summed E-state index contributed by atoms with van der Waals surface area (Å²) in [6.45, 7) is 5.03. The van der Waals surface area contributed by atoms with Crippen LogP contribution in [0.5, 0.6) is 5.75 Å². The summed E-state index contributed by atoms with van der Waals surface area (Å²) in [7, 11) is 0. The van der Waals surface area contributed by atoms with Crippen LogP contribution in [0.2, 0.25) is 0 Å². The second-order valence-electron chi connectivity index (χ2n) is 5.44. The van der Waals surface area contributed by atoms with Crippen LogP contribution in [-0.2, 0) is 13.0 Å². The third-order valence-electron chi connectivity index (χ3n) is 3.58. The van der Waals surface area contributed by atoms with Crippen LogP contribution in [0.4, 0.5) is 0 Å². The molecule has 2 aromatic rings. The summed E-state index contributed by atoms with van der Waals surface area (Å²) < 4.78 is 0. The highest BCUT2D eigenvalue weighted by Gasteiger charge is 2.04. The van der Waals surface area contributed by atoms with E-state index in [4.69, 9.17) is 0 Å². The Kier molecular flexibility index (Phi) is 5.19. The van der Waals surface area contributed by atoms with Crippen LogP contribution in [0.15, 0.2) is 48.5 Å². The minimum atomic E-state index is 0.367. The van der Waals surface area contributed by atoms with Gasteiger partial charge in [-0.1, -0.05) is 48.0 Å². The number of phenols is 1. The molecular weight excluding hydrogens is 246 g/mol. The Morgan fingerprint density at radius 1 is 1.10 bits per heavy atom. The van der Waals surface area contributed by atoms with Gasteiger partial charge in [0, 0.05) is 18.2 Å². The lowest BCUT2D eigenvalue weighted by Crippen LogP contribution is -2.26. The summed E-state index contributed by atoms with van der Waals surface area (Å²) in [5.41, 5.74) is 3.66. The second-order valence-corrected chi connectivity index (χ2v) is 5.44.